The summed E-state index contributed by atoms with van der Waals surface area (Å²) < 4.78 is 13.1. The average Bonchev–Trinajstić information content (AvgIpc) is 2.34. The molecule has 2 aromatic rings. The zero-order valence-corrected chi connectivity index (χ0v) is 9.84. The zero-order chi connectivity index (χ0) is 14.0. The van der Waals surface area contributed by atoms with Gasteiger partial charge in [-0.2, -0.15) is 0 Å². The molecule has 0 spiro atoms. The molecule has 0 aliphatic rings. The van der Waals surface area contributed by atoms with Gasteiger partial charge in [0.25, 0.3) is 0 Å². The minimum absolute atomic E-state index is 0.382. The van der Waals surface area contributed by atoms with Crippen molar-refractivity contribution >= 4 is 22.7 Å². The van der Waals surface area contributed by atoms with Crippen LogP contribution in [0.2, 0.25) is 0 Å². The van der Waals surface area contributed by atoms with E-state index in [1.807, 2.05) is 0 Å². The third-order valence-electron chi connectivity index (χ3n) is 2.93. The predicted molar refractivity (Wildman–Crippen MR) is 66.5 cm³/mol. The summed E-state index contributed by atoms with van der Waals surface area (Å²) in [6.07, 6.45) is -0.508. The SMILES string of the molecule is O=C(O)CC(C(=O)O)c1cccc2cc(F)ccc12. The number of rotatable bonds is 4. The van der Waals surface area contributed by atoms with E-state index in [0.717, 1.165) is 0 Å². The largest absolute Gasteiger partial charge is 0.481 e. The van der Waals surface area contributed by atoms with E-state index < -0.39 is 30.1 Å². The second-order valence-electron chi connectivity index (χ2n) is 4.20. The first-order chi connectivity index (χ1) is 8.99. The van der Waals surface area contributed by atoms with E-state index in [1.165, 1.54) is 18.2 Å². The molecule has 0 aromatic heterocycles. The van der Waals surface area contributed by atoms with Crippen molar-refractivity contribution in [3.8, 4) is 0 Å². The van der Waals surface area contributed by atoms with Crippen LogP contribution < -0.4 is 0 Å². The van der Waals surface area contributed by atoms with Gasteiger partial charge in [-0.25, -0.2) is 4.39 Å². The summed E-state index contributed by atoms with van der Waals surface area (Å²) in [5, 5.41) is 19.0. The summed E-state index contributed by atoms with van der Waals surface area (Å²) in [7, 11) is 0. The van der Waals surface area contributed by atoms with Gasteiger partial charge in [-0.3, -0.25) is 9.59 Å². The molecule has 2 N–H and O–H groups in total. The van der Waals surface area contributed by atoms with E-state index in [0.29, 0.717) is 16.3 Å². The van der Waals surface area contributed by atoms with E-state index in [4.69, 9.17) is 10.2 Å². The molecule has 0 amide bonds. The quantitative estimate of drug-likeness (QED) is 0.888. The Morgan fingerprint density at radius 1 is 1.16 bits per heavy atom. The minimum atomic E-state index is -1.21. The monoisotopic (exact) mass is 262 g/mol. The summed E-state index contributed by atoms with van der Waals surface area (Å²) in [4.78, 5) is 22.0. The third kappa shape index (κ3) is 2.70. The van der Waals surface area contributed by atoms with E-state index in [2.05, 4.69) is 0 Å². The van der Waals surface area contributed by atoms with Gasteiger partial charge in [-0.1, -0.05) is 24.3 Å². The van der Waals surface area contributed by atoms with Crippen LogP contribution >= 0.6 is 0 Å². The molecule has 2 aromatic carbocycles. The Hall–Kier alpha value is -2.43. The molecule has 1 atom stereocenters. The summed E-state index contributed by atoms with van der Waals surface area (Å²) in [5.41, 5.74) is 0.382. The lowest BCUT2D eigenvalue weighted by atomic mass is 9.91. The lowest BCUT2D eigenvalue weighted by molar-refractivity contribution is -0.145. The highest BCUT2D eigenvalue weighted by Gasteiger charge is 2.24. The van der Waals surface area contributed by atoms with E-state index >= 15 is 0 Å². The average molecular weight is 262 g/mol. The smallest absolute Gasteiger partial charge is 0.311 e. The molecule has 2 rings (SSSR count). The topological polar surface area (TPSA) is 74.6 Å². The van der Waals surface area contributed by atoms with Crippen molar-refractivity contribution in [3.63, 3.8) is 0 Å². The van der Waals surface area contributed by atoms with Crippen molar-refractivity contribution < 1.29 is 24.2 Å². The Kier molecular flexibility index (Phi) is 3.46. The predicted octanol–water partition coefficient (Wildman–Crippen LogP) is 2.62. The number of hydrogen-bond acceptors (Lipinski definition) is 2. The van der Waals surface area contributed by atoms with Crippen LogP contribution in [0.4, 0.5) is 4.39 Å². The van der Waals surface area contributed by atoms with Crippen LogP contribution in [0.25, 0.3) is 10.8 Å². The van der Waals surface area contributed by atoms with Crippen LogP contribution in [-0.2, 0) is 9.59 Å². The molecule has 0 saturated heterocycles. The fraction of sp³-hybridized carbons (Fsp3) is 0.143. The van der Waals surface area contributed by atoms with Crippen LogP contribution in [-0.4, -0.2) is 22.2 Å². The number of benzene rings is 2. The molecule has 0 radical (unpaired) electrons. The highest BCUT2D eigenvalue weighted by atomic mass is 19.1. The first-order valence-electron chi connectivity index (χ1n) is 5.62. The van der Waals surface area contributed by atoms with E-state index in [9.17, 15) is 14.0 Å². The molecule has 98 valence electrons. The number of hydrogen-bond donors (Lipinski definition) is 2. The number of carboxylic acid groups (broad SMARTS) is 2. The van der Waals surface area contributed by atoms with Crippen molar-refractivity contribution in [1.29, 1.82) is 0 Å². The fourth-order valence-corrected chi connectivity index (χ4v) is 2.09. The lowest BCUT2D eigenvalue weighted by Crippen LogP contribution is -2.16. The Morgan fingerprint density at radius 2 is 1.89 bits per heavy atom. The third-order valence-corrected chi connectivity index (χ3v) is 2.93. The highest BCUT2D eigenvalue weighted by molar-refractivity contribution is 5.92. The van der Waals surface area contributed by atoms with Crippen molar-refractivity contribution in [3.05, 3.63) is 47.8 Å². The highest BCUT2D eigenvalue weighted by Crippen LogP contribution is 2.28. The zero-order valence-electron chi connectivity index (χ0n) is 9.84. The lowest BCUT2D eigenvalue weighted by Gasteiger charge is -2.13. The summed E-state index contributed by atoms with van der Waals surface area (Å²) in [6.45, 7) is 0. The first kappa shape index (κ1) is 13.0. The van der Waals surface area contributed by atoms with Gasteiger partial charge >= 0.3 is 11.9 Å². The molecular formula is C14H11FO4. The normalized spacial score (nSPS) is 12.3. The van der Waals surface area contributed by atoms with E-state index in [1.54, 1.807) is 18.2 Å². The van der Waals surface area contributed by atoms with Gasteiger partial charge in [0, 0.05) is 0 Å². The molecule has 0 aliphatic carbocycles. The van der Waals surface area contributed by atoms with Crippen LogP contribution in [0.5, 0.6) is 0 Å². The number of aliphatic carboxylic acids is 2. The Morgan fingerprint density at radius 3 is 2.53 bits per heavy atom. The Bertz CT molecular complexity index is 651. The van der Waals surface area contributed by atoms with Gasteiger partial charge in [-0.05, 0) is 28.5 Å². The van der Waals surface area contributed by atoms with Crippen molar-refractivity contribution in [2.45, 2.75) is 12.3 Å². The van der Waals surface area contributed by atoms with Gasteiger partial charge in [0.2, 0.25) is 0 Å². The fourth-order valence-electron chi connectivity index (χ4n) is 2.09. The van der Waals surface area contributed by atoms with Gasteiger partial charge in [0.05, 0.1) is 12.3 Å². The van der Waals surface area contributed by atoms with Crippen molar-refractivity contribution in [2.75, 3.05) is 0 Å². The van der Waals surface area contributed by atoms with Crippen LogP contribution in [0, 0.1) is 5.82 Å². The second-order valence-corrected chi connectivity index (χ2v) is 4.20. The summed E-state index contributed by atoms with van der Waals surface area (Å²) >= 11 is 0. The van der Waals surface area contributed by atoms with Gasteiger partial charge < -0.3 is 10.2 Å². The molecule has 0 aliphatic heterocycles. The standard InChI is InChI=1S/C14H11FO4/c15-9-4-5-10-8(6-9)2-1-3-11(10)12(14(18)19)7-13(16)17/h1-6,12H,7H2,(H,16,17)(H,18,19). The molecule has 5 heteroatoms. The first-order valence-corrected chi connectivity index (χ1v) is 5.62. The van der Waals surface area contributed by atoms with Crippen molar-refractivity contribution in [2.24, 2.45) is 0 Å². The second kappa shape index (κ2) is 5.06. The molecule has 4 nitrogen and oxygen atoms in total. The van der Waals surface area contributed by atoms with E-state index in [-0.39, 0.29) is 0 Å². The number of halogens is 1. The van der Waals surface area contributed by atoms with Crippen LogP contribution in [0.1, 0.15) is 17.9 Å². The van der Waals surface area contributed by atoms with Crippen LogP contribution in [0.15, 0.2) is 36.4 Å². The Balaban J connectivity index is 2.59. The number of fused-ring (bicyclic) bond motifs is 1. The maximum Gasteiger partial charge on any atom is 0.311 e. The maximum absolute atomic E-state index is 13.1. The number of carbonyl (C=O) groups is 2. The molecule has 0 heterocycles. The minimum Gasteiger partial charge on any atom is -0.481 e. The molecule has 1 unspecified atom stereocenters. The van der Waals surface area contributed by atoms with Crippen LogP contribution in [0.3, 0.4) is 0 Å². The van der Waals surface area contributed by atoms with Gasteiger partial charge in [0.1, 0.15) is 5.82 Å². The Labute approximate surface area is 108 Å². The van der Waals surface area contributed by atoms with Gasteiger partial charge in [0.15, 0.2) is 0 Å². The molecule has 0 saturated carbocycles. The molecular weight excluding hydrogens is 251 g/mol. The van der Waals surface area contributed by atoms with Gasteiger partial charge in [-0.15, -0.1) is 0 Å². The maximum atomic E-state index is 13.1. The molecule has 0 fully saturated rings. The van der Waals surface area contributed by atoms with Crippen molar-refractivity contribution in [1.82, 2.24) is 0 Å². The molecule has 0 bridgehead atoms. The molecule has 19 heavy (non-hydrogen) atoms. The summed E-state index contributed by atoms with van der Waals surface area (Å²) in [5.74, 6) is -3.97. The number of carboxylic acids is 2. The summed E-state index contributed by atoms with van der Waals surface area (Å²) in [6, 6.07) is 8.79.